The average Bonchev–Trinajstić information content (AvgIpc) is 2.89. The monoisotopic (exact) mass is 233 g/mol. The Labute approximate surface area is 101 Å². The Hall–Kier alpha value is -1.73. The minimum absolute atomic E-state index is 0.173. The fraction of sp³-hybridized carbons (Fsp3) is 0.462. The molecule has 0 aliphatic carbocycles. The van der Waals surface area contributed by atoms with Gasteiger partial charge in [0, 0.05) is 12.7 Å². The van der Waals surface area contributed by atoms with Gasteiger partial charge in [-0.05, 0) is 25.0 Å². The van der Waals surface area contributed by atoms with Crippen LogP contribution in [0.25, 0.3) is 0 Å². The van der Waals surface area contributed by atoms with Crippen molar-refractivity contribution < 1.29 is 14.2 Å². The smallest absolute Gasteiger partial charge is 0.124 e. The van der Waals surface area contributed by atoms with Gasteiger partial charge in [-0.15, -0.1) is 0 Å². The third-order valence-electron chi connectivity index (χ3n) is 2.70. The third-order valence-corrected chi connectivity index (χ3v) is 2.70. The Morgan fingerprint density at radius 3 is 2.88 bits per heavy atom. The highest BCUT2D eigenvalue weighted by Crippen LogP contribution is 2.23. The second-order valence-corrected chi connectivity index (χ2v) is 3.96. The molecule has 4 heteroatoms. The van der Waals surface area contributed by atoms with Crippen LogP contribution in [-0.2, 0) is 4.74 Å². The Kier molecular flexibility index (Phi) is 3.84. The van der Waals surface area contributed by atoms with Crippen molar-refractivity contribution in [3.05, 3.63) is 23.8 Å². The van der Waals surface area contributed by atoms with Crippen LogP contribution >= 0.6 is 0 Å². The number of rotatable bonds is 4. The van der Waals surface area contributed by atoms with E-state index in [4.69, 9.17) is 19.5 Å². The Morgan fingerprint density at radius 2 is 2.24 bits per heavy atom. The molecule has 1 aliphatic heterocycles. The van der Waals surface area contributed by atoms with E-state index in [1.54, 1.807) is 25.3 Å². The summed E-state index contributed by atoms with van der Waals surface area (Å²) in [5.74, 6) is 1.28. The van der Waals surface area contributed by atoms with Crippen LogP contribution in [0, 0.1) is 11.3 Å². The van der Waals surface area contributed by atoms with Crippen LogP contribution in [0.3, 0.4) is 0 Å². The maximum atomic E-state index is 8.88. The van der Waals surface area contributed by atoms with Crippen LogP contribution in [0.5, 0.6) is 11.5 Å². The van der Waals surface area contributed by atoms with Crippen molar-refractivity contribution in [2.24, 2.45) is 0 Å². The molecular weight excluding hydrogens is 218 g/mol. The van der Waals surface area contributed by atoms with Crippen LogP contribution in [-0.4, -0.2) is 26.4 Å². The molecule has 1 fully saturated rings. The van der Waals surface area contributed by atoms with Gasteiger partial charge < -0.3 is 14.2 Å². The zero-order valence-electron chi connectivity index (χ0n) is 9.81. The van der Waals surface area contributed by atoms with Crippen LogP contribution < -0.4 is 9.47 Å². The highest BCUT2D eigenvalue weighted by molar-refractivity contribution is 5.43. The largest absolute Gasteiger partial charge is 0.497 e. The fourth-order valence-corrected chi connectivity index (χ4v) is 1.80. The number of methoxy groups -OCH3 is 1. The van der Waals surface area contributed by atoms with E-state index in [0.29, 0.717) is 23.7 Å². The summed E-state index contributed by atoms with van der Waals surface area (Å²) in [5.41, 5.74) is 0.534. The van der Waals surface area contributed by atoms with E-state index < -0.39 is 0 Å². The first kappa shape index (κ1) is 11.7. The van der Waals surface area contributed by atoms with Crippen molar-refractivity contribution in [3.8, 4) is 17.6 Å². The normalized spacial score (nSPS) is 18.7. The molecule has 1 aliphatic rings. The first-order chi connectivity index (χ1) is 8.31. The predicted molar refractivity (Wildman–Crippen MR) is 62.2 cm³/mol. The lowest BCUT2D eigenvalue weighted by molar-refractivity contribution is 0.0678. The molecule has 4 nitrogen and oxygen atoms in total. The average molecular weight is 233 g/mol. The summed E-state index contributed by atoms with van der Waals surface area (Å²) in [7, 11) is 1.57. The molecule has 0 N–H and O–H groups in total. The molecule has 1 heterocycles. The zero-order valence-corrected chi connectivity index (χ0v) is 9.81. The minimum Gasteiger partial charge on any atom is -0.497 e. The van der Waals surface area contributed by atoms with Crippen molar-refractivity contribution in [2.75, 3.05) is 20.3 Å². The lowest BCUT2D eigenvalue weighted by Gasteiger charge is -2.12. The standard InChI is InChI=1S/C13H15NO3/c1-15-12-5-10(8-14)6-13(7-12)17-9-11-3-2-4-16-11/h5-7,11H,2-4,9H2,1H3. The van der Waals surface area contributed by atoms with Crippen molar-refractivity contribution >= 4 is 0 Å². The minimum atomic E-state index is 0.173. The number of hydrogen-bond donors (Lipinski definition) is 0. The van der Waals surface area contributed by atoms with Gasteiger partial charge in [0.1, 0.15) is 18.1 Å². The summed E-state index contributed by atoms with van der Waals surface area (Å²) in [4.78, 5) is 0. The number of hydrogen-bond acceptors (Lipinski definition) is 4. The summed E-state index contributed by atoms with van der Waals surface area (Å²) >= 11 is 0. The second kappa shape index (κ2) is 5.55. The van der Waals surface area contributed by atoms with E-state index in [0.717, 1.165) is 19.4 Å². The molecule has 17 heavy (non-hydrogen) atoms. The van der Waals surface area contributed by atoms with Crippen LogP contribution in [0.15, 0.2) is 18.2 Å². The highest BCUT2D eigenvalue weighted by atomic mass is 16.5. The Bertz CT molecular complexity index is 419. The second-order valence-electron chi connectivity index (χ2n) is 3.96. The molecule has 1 saturated heterocycles. The summed E-state index contributed by atoms with van der Waals surface area (Å²) in [6, 6.07) is 7.24. The topological polar surface area (TPSA) is 51.5 Å². The predicted octanol–water partition coefficient (Wildman–Crippen LogP) is 2.12. The van der Waals surface area contributed by atoms with E-state index in [9.17, 15) is 0 Å². The molecule has 0 saturated carbocycles. The van der Waals surface area contributed by atoms with Crippen molar-refractivity contribution in [1.29, 1.82) is 5.26 Å². The molecule has 0 radical (unpaired) electrons. The number of ether oxygens (including phenoxy) is 3. The van der Waals surface area contributed by atoms with E-state index in [1.807, 2.05) is 0 Å². The molecular formula is C13H15NO3. The van der Waals surface area contributed by atoms with Crippen molar-refractivity contribution in [3.63, 3.8) is 0 Å². The summed E-state index contributed by atoms with van der Waals surface area (Å²) in [6.45, 7) is 1.34. The zero-order chi connectivity index (χ0) is 12.1. The molecule has 0 bridgehead atoms. The number of nitriles is 1. The SMILES string of the molecule is COc1cc(C#N)cc(OCC2CCCO2)c1. The van der Waals surface area contributed by atoms with Gasteiger partial charge >= 0.3 is 0 Å². The van der Waals surface area contributed by atoms with Crippen LogP contribution in [0.2, 0.25) is 0 Å². The summed E-state index contributed by atoms with van der Waals surface area (Å²) < 4.78 is 16.2. The molecule has 1 unspecified atom stereocenters. The van der Waals surface area contributed by atoms with E-state index in [1.165, 1.54) is 0 Å². The van der Waals surface area contributed by atoms with E-state index in [2.05, 4.69) is 6.07 Å². The van der Waals surface area contributed by atoms with Crippen molar-refractivity contribution in [2.45, 2.75) is 18.9 Å². The van der Waals surface area contributed by atoms with Gasteiger partial charge in [0.25, 0.3) is 0 Å². The van der Waals surface area contributed by atoms with Crippen LogP contribution in [0.1, 0.15) is 18.4 Å². The molecule has 2 rings (SSSR count). The van der Waals surface area contributed by atoms with Crippen molar-refractivity contribution in [1.82, 2.24) is 0 Å². The lowest BCUT2D eigenvalue weighted by atomic mass is 10.2. The van der Waals surface area contributed by atoms with Gasteiger partial charge in [0.15, 0.2) is 0 Å². The third kappa shape index (κ3) is 3.11. The molecule has 0 aromatic heterocycles. The Morgan fingerprint density at radius 1 is 1.41 bits per heavy atom. The van der Waals surface area contributed by atoms with Gasteiger partial charge in [0.05, 0.1) is 24.8 Å². The number of nitrogens with zero attached hydrogens (tertiary/aromatic N) is 1. The highest BCUT2D eigenvalue weighted by Gasteiger charge is 2.16. The molecule has 1 aromatic carbocycles. The Balaban J connectivity index is 2.01. The summed E-state index contributed by atoms with van der Waals surface area (Å²) in [6.07, 6.45) is 2.30. The van der Waals surface area contributed by atoms with Gasteiger partial charge in [-0.3, -0.25) is 0 Å². The molecule has 0 spiro atoms. The molecule has 1 atom stereocenters. The van der Waals surface area contributed by atoms with Gasteiger partial charge in [-0.2, -0.15) is 5.26 Å². The van der Waals surface area contributed by atoms with E-state index in [-0.39, 0.29) is 6.10 Å². The fourth-order valence-electron chi connectivity index (χ4n) is 1.80. The molecule has 0 amide bonds. The molecule has 1 aromatic rings. The lowest BCUT2D eigenvalue weighted by Crippen LogP contribution is -2.16. The van der Waals surface area contributed by atoms with Gasteiger partial charge in [0.2, 0.25) is 0 Å². The number of benzene rings is 1. The van der Waals surface area contributed by atoms with Crippen LogP contribution in [0.4, 0.5) is 0 Å². The van der Waals surface area contributed by atoms with Gasteiger partial charge in [-0.25, -0.2) is 0 Å². The quantitative estimate of drug-likeness (QED) is 0.799. The summed E-state index contributed by atoms with van der Waals surface area (Å²) in [5, 5.41) is 8.88. The van der Waals surface area contributed by atoms with E-state index >= 15 is 0 Å². The molecule has 90 valence electrons. The maximum absolute atomic E-state index is 8.88. The first-order valence-corrected chi connectivity index (χ1v) is 5.65. The van der Waals surface area contributed by atoms with Gasteiger partial charge in [-0.1, -0.05) is 0 Å². The maximum Gasteiger partial charge on any atom is 0.124 e. The first-order valence-electron chi connectivity index (χ1n) is 5.65.